The van der Waals surface area contributed by atoms with Gasteiger partial charge in [-0.15, -0.1) is 0 Å². The number of rotatable bonds is 2. The van der Waals surface area contributed by atoms with E-state index >= 15 is 0 Å². The van der Waals surface area contributed by atoms with Gasteiger partial charge in [0, 0.05) is 5.71 Å². The highest BCUT2D eigenvalue weighted by molar-refractivity contribution is 5.82. The first-order chi connectivity index (χ1) is 6.13. The maximum Gasteiger partial charge on any atom is 0.0663 e. The summed E-state index contributed by atoms with van der Waals surface area (Å²) in [5.41, 5.74) is 4.43. The van der Waals surface area contributed by atoms with Crippen LogP contribution in [-0.4, -0.2) is 5.71 Å². The molecule has 1 aromatic carbocycles. The predicted octanol–water partition coefficient (Wildman–Crippen LogP) is 3.75. The molecule has 68 valence electrons. The van der Waals surface area contributed by atoms with Gasteiger partial charge in [0.1, 0.15) is 0 Å². The topological polar surface area (TPSA) is 12.4 Å². The normalized spacial score (nSPS) is 9.46. The van der Waals surface area contributed by atoms with Gasteiger partial charge >= 0.3 is 0 Å². The summed E-state index contributed by atoms with van der Waals surface area (Å²) in [6, 6.07) is 6.17. The van der Waals surface area contributed by atoms with Crippen molar-refractivity contribution in [2.24, 2.45) is 4.99 Å². The summed E-state index contributed by atoms with van der Waals surface area (Å²) >= 11 is 0. The van der Waals surface area contributed by atoms with E-state index in [4.69, 9.17) is 0 Å². The molecule has 0 N–H and O–H groups in total. The molecule has 1 heteroatoms. The molecule has 0 bridgehead atoms. The number of aryl methyl sites for hydroxylation is 1. The molecule has 0 heterocycles. The van der Waals surface area contributed by atoms with Crippen molar-refractivity contribution < 1.29 is 0 Å². The van der Waals surface area contributed by atoms with E-state index in [1.807, 2.05) is 26.0 Å². The van der Waals surface area contributed by atoms with Gasteiger partial charge < -0.3 is 0 Å². The molecule has 0 aliphatic carbocycles. The lowest BCUT2D eigenvalue weighted by atomic mass is 10.1. The zero-order chi connectivity index (χ0) is 9.84. The van der Waals surface area contributed by atoms with Crippen molar-refractivity contribution in [3.8, 4) is 0 Å². The molecule has 0 aliphatic heterocycles. The molecule has 0 saturated carbocycles. The minimum atomic E-state index is 1.04. The summed E-state index contributed by atoms with van der Waals surface area (Å²) in [6.07, 6.45) is 1.84. The summed E-state index contributed by atoms with van der Waals surface area (Å²) in [4.78, 5) is 4.44. The summed E-state index contributed by atoms with van der Waals surface area (Å²) in [5, 5.41) is 0. The first-order valence-electron chi connectivity index (χ1n) is 4.38. The lowest BCUT2D eigenvalue weighted by Gasteiger charge is -2.02. The van der Waals surface area contributed by atoms with Crippen molar-refractivity contribution in [2.75, 3.05) is 0 Å². The van der Waals surface area contributed by atoms with E-state index in [9.17, 15) is 0 Å². The molecule has 1 aromatic rings. The zero-order valence-electron chi connectivity index (χ0n) is 8.46. The molecule has 1 nitrogen and oxygen atoms in total. The first kappa shape index (κ1) is 9.72. The molecule has 0 amide bonds. The molecular formula is C12H15N. The third-order valence-electron chi connectivity index (χ3n) is 1.81. The lowest BCUT2D eigenvalue weighted by molar-refractivity contribution is 1.38. The second-order valence-corrected chi connectivity index (χ2v) is 3.31. The Labute approximate surface area is 79.8 Å². The number of nitrogens with zero attached hydrogens (tertiary/aromatic N) is 1. The standard InChI is InChI=1S/C12H15N/c1-5-11-7-6-10(4)12(8-11)13-9(2)3/h5-8H,1H2,2-4H3. The van der Waals surface area contributed by atoms with Crippen LogP contribution in [0.5, 0.6) is 0 Å². The molecule has 0 radical (unpaired) electrons. The van der Waals surface area contributed by atoms with Crippen LogP contribution in [0, 0.1) is 6.92 Å². The average molecular weight is 173 g/mol. The number of aliphatic imine (C=N–C) groups is 1. The molecular weight excluding hydrogens is 158 g/mol. The van der Waals surface area contributed by atoms with Crippen LogP contribution in [0.25, 0.3) is 6.08 Å². The van der Waals surface area contributed by atoms with Gasteiger partial charge in [-0.05, 0) is 38.0 Å². The smallest absolute Gasteiger partial charge is 0.0663 e. The summed E-state index contributed by atoms with van der Waals surface area (Å²) in [7, 11) is 0. The van der Waals surface area contributed by atoms with Crippen LogP contribution in [0.3, 0.4) is 0 Å². The Morgan fingerprint density at radius 3 is 2.62 bits per heavy atom. The summed E-state index contributed by atoms with van der Waals surface area (Å²) in [5.74, 6) is 0. The van der Waals surface area contributed by atoms with Crippen molar-refractivity contribution in [3.05, 3.63) is 35.9 Å². The van der Waals surface area contributed by atoms with Gasteiger partial charge in [-0.3, -0.25) is 4.99 Å². The Bertz CT molecular complexity index is 344. The van der Waals surface area contributed by atoms with Crippen molar-refractivity contribution in [1.29, 1.82) is 0 Å². The fourth-order valence-electron chi connectivity index (χ4n) is 1.11. The Morgan fingerprint density at radius 1 is 1.38 bits per heavy atom. The quantitative estimate of drug-likeness (QED) is 0.604. The Morgan fingerprint density at radius 2 is 2.08 bits per heavy atom. The van der Waals surface area contributed by atoms with Crippen LogP contribution in [0.1, 0.15) is 25.0 Å². The van der Waals surface area contributed by atoms with Crippen LogP contribution < -0.4 is 0 Å². The van der Waals surface area contributed by atoms with Gasteiger partial charge in [0.25, 0.3) is 0 Å². The molecule has 0 spiro atoms. The summed E-state index contributed by atoms with van der Waals surface area (Å²) < 4.78 is 0. The van der Waals surface area contributed by atoms with Crippen LogP contribution in [0.4, 0.5) is 5.69 Å². The van der Waals surface area contributed by atoms with Crippen molar-refractivity contribution in [1.82, 2.24) is 0 Å². The third kappa shape index (κ3) is 2.55. The first-order valence-corrected chi connectivity index (χ1v) is 4.38. The van der Waals surface area contributed by atoms with Crippen LogP contribution in [0.15, 0.2) is 29.8 Å². The maximum absolute atomic E-state index is 4.44. The molecule has 0 unspecified atom stereocenters. The molecule has 13 heavy (non-hydrogen) atoms. The van der Waals surface area contributed by atoms with E-state index in [1.165, 1.54) is 5.56 Å². The molecule has 0 fully saturated rings. The minimum Gasteiger partial charge on any atom is -0.258 e. The number of hydrogen-bond acceptors (Lipinski definition) is 1. The second kappa shape index (κ2) is 4.04. The average Bonchev–Trinajstić information content (AvgIpc) is 2.08. The minimum absolute atomic E-state index is 1.04. The third-order valence-corrected chi connectivity index (χ3v) is 1.81. The highest BCUT2D eigenvalue weighted by Crippen LogP contribution is 2.20. The van der Waals surface area contributed by atoms with Gasteiger partial charge in [-0.1, -0.05) is 24.8 Å². The largest absolute Gasteiger partial charge is 0.258 e. The SMILES string of the molecule is C=Cc1ccc(C)c(N=C(C)C)c1. The van der Waals surface area contributed by atoms with E-state index in [0.29, 0.717) is 0 Å². The van der Waals surface area contributed by atoms with Gasteiger partial charge in [-0.25, -0.2) is 0 Å². The van der Waals surface area contributed by atoms with Crippen LogP contribution >= 0.6 is 0 Å². The highest BCUT2D eigenvalue weighted by Gasteiger charge is 1.96. The highest BCUT2D eigenvalue weighted by atomic mass is 14.7. The Hall–Kier alpha value is -1.37. The fraction of sp³-hybridized carbons (Fsp3) is 0.250. The van der Waals surface area contributed by atoms with Gasteiger partial charge in [-0.2, -0.15) is 0 Å². The van der Waals surface area contributed by atoms with E-state index in [0.717, 1.165) is 17.0 Å². The maximum atomic E-state index is 4.44. The van der Waals surface area contributed by atoms with Gasteiger partial charge in [0.15, 0.2) is 0 Å². The fourth-order valence-corrected chi connectivity index (χ4v) is 1.11. The second-order valence-electron chi connectivity index (χ2n) is 3.31. The predicted molar refractivity (Wildman–Crippen MR) is 59.7 cm³/mol. The molecule has 1 rings (SSSR count). The van der Waals surface area contributed by atoms with Gasteiger partial charge in [0.05, 0.1) is 5.69 Å². The van der Waals surface area contributed by atoms with Gasteiger partial charge in [0.2, 0.25) is 0 Å². The lowest BCUT2D eigenvalue weighted by Crippen LogP contribution is -1.82. The molecule has 0 saturated heterocycles. The molecule has 0 aliphatic rings. The van der Waals surface area contributed by atoms with Crippen LogP contribution in [-0.2, 0) is 0 Å². The number of hydrogen-bond donors (Lipinski definition) is 0. The van der Waals surface area contributed by atoms with E-state index < -0.39 is 0 Å². The van der Waals surface area contributed by atoms with E-state index in [1.54, 1.807) is 0 Å². The summed E-state index contributed by atoms with van der Waals surface area (Å²) in [6.45, 7) is 9.80. The van der Waals surface area contributed by atoms with Crippen LogP contribution in [0.2, 0.25) is 0 Å². The van der Waals surface area contributed by atoms with E-state index in [2.05, 4.69) is 30.6 Å². The Balaban J connectivity index is 3.18. The Kier molecular flexibility index (Phi) is 3.02. The zero-order valence-corrected chi connectivity index (χ0v) is 8.46. The molecule has 0 atom stereocenters. The monoisotopic (exact) mass is 173 g/mol. The van der Waals surface area contributed by atoms with E-state index in [-0.39, 0.29) is 0 Å². The molecule has 0 aromatic heterocycles. The van der Waals surface area contributed by atoms with Crippen molar-refractivity contribution >= 4 is 17.5 Å². The van der Waals surface area contributed by atoms with Crippen molar-refractivity contribution in [2.45, 2.75) is 20.8 Å². The van der Waals surface area contributed by atoms with Crippen molar-refractivity contribution in [3.63, 3.8) is 0 Å². The number of benzene rings is 1.